The Bertz CT molecular complexity index is 794. The molecule has 0 spiro atoms. The number of piperazine rings is 1. The summed E-state index contributed by atoms with van der Waals surface area (Å²) in [6.07, 6.45) is 3.89. The zero-order chi connectivity index (χ0) is 21.0. The minimum atomic E-state index is 0.138. The number of aromatic nitrogens is 2. The number of nitrogens with zero attached hydrogens (tertiary/aromatic N) is 5. The number of rotatable bonds is 8. The van der Waals surface area contributed by atoms with Gasteiger partial charge in [0.2, 0.25) is 11.9 Å². The first-order valence-corrected chi connectivity index (χ1v) is 10.2. The molecule has 0 saturated carbocycles. The number of benzene rings is 1. The Hall–Kier alpha value is -3.36. The first kappa shape index (κ1) is 21.4. The Balaban J connectivity index is 1.29. The molecule has 9 heteroatoms. The number of nitrogens with one attached hydrogen (secondary N) is 2. The predicted octanol–water partition coefficient (Wildman–Crippen LogP) is 0.759. The van der Waals surface area contributed by atoms with Crippen molar-refractivity contribution in [2.75, 3.05) is 57.8 Å². The van der Waals surface area contributed by atoms with E-state index < -0.39 is 0 Å². The molecule has 2 heterocycles. The molecule has 0 bridgehead atoms. The van der Waals surface area contributed by atoms with Crippen molar-refractivity contribution in [2.45, 2.75) is 6.42 Å². The highest BCUT2D eigenvalue weighted by atomic mass is 16.5. The third-order valence-electron chi connectivity index (χ3n) is 4.73. The topological polar surface area (TPSA) is 95.0 Å². The van der Waals surface area contributed by atoms with Crippen LogP contribution < -0.4 is 20.3 Å². The summed E-state index contributed by atoms with van der Waals surface area (Å²) in [6, 6.07) is 11.5. The lowest BCUT2D eigenvalue weighted by Crippen LogP contribution is -2.50. The Labute approximate surface area is 177 Å². The van der Waals surface area contributed by atoms with Crippen LogP contribution in [0.5, 0.6) is 5.75 Å². The first-order chi connectivity index (χ1) is 14.8. The van der Waals surface area contributed by atoms with E-state index in [9.17, 15) is 4.79 Å². The Kier molecular flexibility index (Phi) is 8.25. The summed E-state index contributed by atoms with van der Waals surface area (Å²) in [5.41, 5.74) is 0. The van der Waals surface area contributed by atoms with Crippen LogP contribution in [0.15, 0.2) is 53.8 Å². The van der Waals surface area contributed by atoms with E-state index in [0.717, 1.165) is 24.8 Å². The molecule has 1 aromatic carbocycles. The van der Waals surface area contributed by atoms with Crippen molar-refractivity contribution in [2.24, 2.45) is 4.99 Å². The highest BCUT2D eigenvalue weighted by Crippen LogP contribution is 2.10. The number of carbonyl (C=O) groups is 1. The van der Waals surface area contributed by atoms with Crippen LogP contribution in [-0.2, 0) is 4.79 Å². The monoisotopic (exact) mass is 411 g/mol. The molecule has 0 aliphatic carbocycles. The van der Waals surface area contributed by atoms with Crippen molar-refractivity contribution in [3.05, 3.63) is 48.8 Å². The number of amides is 1. The summed E-state index contributed by atoms with van der Waals surface area (Å²) in [7, 11) is 1.71. The van der Waals surface area contributed by atoms with Gasteiger partial charge in [0.1, 0.15) is 12.4 Å². The van der Waals surface area contributed by atoms with Gasteiger partial charge in [-0.1, -0.05) is 18.2 Å². The third-order valence-corrected chi connectivity index (χ3v) is 4.73. The SMILES string of the molecule is CN=C(NCCOc1ccccc1)NCCC(=O)N1CCN(c2ncccn2)CC1. The van der Waals surface area contributed by atoms with E-state index >= 15 is 0 Å². The number of guanidine groups is 1. The zero-order valence-electron chi connectivity index (χ0n) is 17.3. The number of anilines is 1. The lowest BCUT2D eigenvalue weighted by atomic mass is 10.3. The molecule has 0 radical (unpaired) electrons. The standard InChI is InChI=1S/C21H29N7O2/c1-22-20(24-12-17-30-18-6-3-2-4-7-18)23-11-8-19(29)27-13-15-28(16-14-27)21-25-9-5-10-26-21/h2-7,9-10H,8,11-17H2,1H3,(H2,22,23,24). The summed E-state index contributed by atoms with van der Waals surface area (Å²) < 4.78 is 5.64. The van der Waals surface area contributed by atoms with Gasteiger partial charge in [0.25, 0.3) is 0 Å². The number of ether oxygens (including phenoxy) is 1. The van der Waals surface area contributed by atoms with Crippen LogP contribution in [0.2, 0.25) is 0 Å². The molecule has 3 rings (SSSR count). The van der Waals surface area contributed by atoms with Crippen LogP contribution >= 0.6 is 0 Å². The predicted molar refractivity (Wildman–Crippen MR) is 117 cm³/mol. The molecule has 1 aliphatic rings. The summed E-state index contributed by atoms with van der Waals surface area (Å²) in [6.45, 7) is 4.52. The highest BCUT2D eigenvalue weighted by molar-refractivity contribution is 5.81. The van der Waals surface area contributed by atoms with E-state index in [4.69, 9.17) is 4.74 Å². The van der Waals surface area contributed by atoms with Crippen LogP contribution in [0, 0.1) is 0 Å². The van der Waals surface area contributed by atoms with E-state index in [-0.39, 0.29) is 5.91 Å². The maximum atomic E-state index is 12.5. The largest absolute Gasteiger partial charge is 0.492 e. The number of aliphatic imine (C=N–C) groups is 1. The minimum absolute atomic E-state index is 0.138. The summed E-state index contributed by atoms with van der Waals surface area (Å²) in [4.78, 5) is 29.2. The normalized spacial score (nSPS) is 14.4. The molecule has 1 saturated heterocycles. The van der Waals surface area contributed by atoms with Gasteiger partial charge in [0, 0.05) is 58.6 Å². The molecule has 160 valence electrons. The van der Waals surface area contributed by atoms with Crippen LogP contribution in [0.3, 0.4) is 0 Å². The van der Waals surface area contributed by atoms with Gasteiger partial charge in [0.05, 0.1) is 6.54 Å². The molecule has 1 aliphatic heterocycles. The zero-order valence-corrected chi connectivity index (χ0v) is 17.3. The van der Waals surface area contributed by atoms with Crippen molar-refractivity contribution in [3.8, 4) is 5.75 Å². The second-order valence-corrected chi connectivity index (χ2v) is 6.75. The van der Waals surface area contributed by atoms with Gasteiger partial charge < -0.3 is 25.2 Å². The van der Waals surface area contributed by atoms with Gasteiger partial charge in [-0.2, -0.15) is 0 Å². The van der Waals surface area contributed by atoms with Gasteiger partial charge in [-0.3, -0.25) is 9.79 Å². The summed E-state index contributed by atoms with van der Waals surface area (Å²) in [5, 5.41) is 6.36. The van der Waals surface area contributed by atoms with E-state index in [0.29, 0.717) is 45.2 Å². The Morgan fingerprint density at radius 1 is 1.03 bits per heavy atom. The fourth-order valence-corrected chi connectivity index (χ4v) is 3.13. The average Bonchev–Trinajstić information content (AvgIpc) is 2.82. The minimum Gasteiger partial charge on any atom is -0.492 e. The second-order valence-electron chi connectivity index (χ2n) is 6.75. The molecule has 2 N–H and O–H groups in total. The molecular weight excluding hydrogens is 382 g/mol. The average molecular weight is 412 g/mol. The molecule has 0 atom stereocenters. The molecule has 1 aromatic heterocycles. The van der Waals surface area contributed by atoms with Crippen molar-refractivity contribution in [1.82, 2.24) is 25.5 Å². The molecule has 1 fully saturated rings. The number of hydrogen-bond acceptors (Lipinski definition) is 6. The van der Waals surface area contributed by atoms with Crippen molar-refractivity contribution in [3.63, 3.8) is 0 Å². The molecule has 9 nitrogen and oxygen atoms in total. The quantitative estimate of drug-likeness (QED) is 0.376. The van der Waals surface area contributed by atoms with Crippen LogP contribution in [0.25, 0.3) is 0 Å². The van der Waals surface area contributed by atoms with Crippen molar-refractivity contribution in [1.29, 1.82) is 0 Å². The van der Waals surface area contributed by atoms with E-state index in [1.165, 1.54) is 0 Å². The van der Waals surface area contributed by atoms with Crippen molar-refractivity contribution >= 4 is 17.8 Å². The first-order valence-electron chi connectivity index (χ1n) is 10.2. The molecule has 1 amide bonds. The van der Waals surface area contributed by atoms with Crippen LogP contribution in [0.1, 0.15) is 6.42 Å². The number of hydrogen-bond donors (Lipinski definition) is 2. The number of carbonyl (C=O) groups excluding carboxylic acids is 1. The highest BCUT2D eigenvalue weighted by Gasteiger charge is 2.22. The van der Waals surface area contributed by atoms with E-state index in [2.05, 4.69) is 30.5 Å². The van der Waals surface area contributed by atoms with Crippen molar-refractivity contribution < 1.29 is 9.53 Å². The van der Waals surface area contributed by atoms with Gasteiger partial charge >= 0.3 is 0 Å². The lowest BCUT2D eigenvalue weighted by molar-refractivity contribution is -0.131. The molecule has 2 aromatic rings. The smallest absolute Gasteiger partial charge is 0.225 e. The fraction of sp³-hybridized carbons (Fsp3) is 0.429. The Morgan fingerprint density at radius 2 is 1.73 bits per heavy atom. The lowest BCUT2D eigenvalue weighted by Gasteiger charge is -2.34. The number of para-hydroxylation sites is 1. The van der Waals surface area contributed by atoms with Gasteiger partial charge in [0.15, 0.2) is 5.96 Å². The summed E-state index contributed by atoms with van der Waals surface area (Å²) in [5.74, 6) is 2.36. The van der Waals surface area contributed by atoms with Crippen LogP contribution in [-0.4, -0.2) is 79.7 Å². The maximum absolute atomic E-state index is 12.5. The van der Waals surface area contributed by atoms with Gasteiger partial charge in [-0.25, -0.2) is 9.97 Å². The van der Waals surface area contributed by atoms with Gasteiger partial charge in [-0.05, 0) is 18.2 Å². The fourth-order valence-electron chi connectivity index (χ4n) is 3.13. The maximum Gasteiger partial charge on any atom is 0.225 e. The van der Waals surface area contributed by atoms with E-state index in [1.54, 1.807) is 25.5 Å². The second kappa shape index (κ2) is 11.6. The van der Waals surface area contributed by atoms with Crippen LogP contribution in [0.4, 0.5) is 5.95 Å². The van der Waals surface area contributed by atoms with E-state index in [1.807, 2.05) is 35.2 Å². The Morgan fingerprint density at radius 3 is 2.43 bits per heavy atom. The van der Waals surface area contributed by atoms with Gasteiger partial charge in [-0.15, -0.1) is 0 Å². The third kappa shape index (κ3) is 6.61. The summed E-state index contributed by atoms with van der Waals surface area (Å²) >= 11 is 0. The molecule has 30 heavy (non-hydrogen) atoms. The molecule has 0 unspecified atom stereocenters. The molecular formula is C21H29N7O2.